The zero-order chi connectivity index (χ0) is 27.6. The molecular weight excluding hydrogens is 501 g/mol. The molecule has 2 atom stereocenters. The molecule has 10 nitrogen and oxygen atoms in total. The Morgan fingerprint density at radius 1 is 0.838 bits per heavy atom. The molecule has 0 aliphatic carbocycles. The van der Waals surface area contributed by atoms with Crippen molar-refractivity contribution in [2.75, 3.05) is 41.9 Å². The van der Waals surface area contributed by atoms with Gasteiger partial charge in [0.15, 0.2) is 23.0 Å². The van der Waals surface area contributed by atoms with Gasteiger partial charge >= 0.3 is 13.5 Å². The molecule has 11 heteroatoms. The van der Waals surface area contributed by atoms with Crippen LogP contribution in [0.5, 0.6) is 28.7 Å². The normalized spacial score (nSPS) is 13.6. The number of nitrogens with one attached hydrogen (secondary N) is 1. The second-order valence-electron chi connectivity index (χ2n) is 8.22. The van der Waals surface area contributed by atoms with Crippen LogP contribution in [0.25, 0.3) is 12.2 Å². The lowest BCUT2D eigenvalue weighted by Gasteiger charge is -2.24. The molecule has 0 spiro atoms. The smallest absolute Gasteiger partial charge is 0.342 e. The summed E-state index contributed by atoms with van der Waals surface area (Å²) in [5.74, 6) is 1.57. The highest BCUT2D eigenvalue weighted by Gasteiger charge is 2.31. The number of hydrogen-bond donors (Lipinski definition) is 1. The average molecular weight is 538 g/mol. The van der Waals surface area contributed by atoms with Crippen LogP contribution in [0.2, 0.25) is 0 Å². The standard InChI is InChI=1S/C26H36NO9P/c1-17(2)35-26(28)18(3)27-37(29,16-30-4)36-22-13-19(11-12-21(22)31-5)9-10-20-14-23(32-6)25(34-8)24(15-20)33-7/h9-15,17-18H,16H2,1-8H3,(H,27,29)/b10-9-/t18-,37?/m0/s1. The van der Waals surface area contributed by atoms with Crippen molar-refractivity contribution in [3.8, 4) is 28.7 Å². The first-order valence-corrected chi connectivity index (χ1v) is 13.3. The van der Waals surface area contributed by atoms with Gasteiger partial charge in [-0.25, -0.2) is 5.09 Å². The maximum Gasteiger partial charge on any atom is 0.342 e. The van der Waals surface area contributed by atoms with Gasteiger partial charge in [0, 0.05) is 7.11 Å². The average Bonchev–Trinajstić information content (AvgIpc) is 2.86. The first kappa shape index (κ1) is 30.0. The van der Waals surface area contributed by atoms with Crippen LogP contribution in [-0.4, -0.2) is 60.0 Å². The molecule has 1 N–H and O–H groups in total. The Hall–Kier alpha value is -3.20. The largest absolute Gasteiger partial charge is 0.493 e. The SMILES string of the molecule is COCP(=O)(N[C@@H](C)C(=O)OC(C)C)Oc1cc(/C=C\c2cc(OC)c(OC)c(OC)c2)ccc1OC. The zero-order valence-electron chi connectivity index (χ0n) is 22.5. The van der Waals surface area contributed by atoms with E-state index in [0.29, 0.717) is 23.0 Å². The molecule has 0 aliphatic heterocycles. The lowest BCUT2D eigenvalue weighted by Crippen LogP contribution is -2.36. The number of rotatable bonds is 14. The van der Waals surface area contributed by atoms with Gasteiger partial charge in [0.1, 0.15) is 12.4 Å². The van der Waals surface area contributed by atoms with Gasteiger partial charge in [0.2, 0.25) is 5.75 Å². The van der Waals surface area contributed by atoms with Crippen LogP contribution < -0.4 is 28.6 Å². The van der Waals surface area contributed by atoms with E-state index in [1.54, 1.807) is 54.2 Å². The second-order valence-corrected chi connectivity index (χ2v) is 10.3. The Morgan fingerprint density at radius 3 is 1.92 bits per heavy atom. The summed E-state index contributed by atoms with van der Waals surface area (Å²) in [5.41, 5.74) is 1.54. The molecule has 0 aliphatic rings. The Labute approximate surface area is 218 Å². The van der Waals surface area contributed by atoms with Crippen molar-refractivity contribution in [3.05, 3.63) is 41.5 Å². The molecule has 0 fully saturated rings. The van der Waals surface area contributed by atoms with Crippen molar-refractivity contribution in [1.29, 1.82) is 0 Å². The van der Waals surface area contributed by atoms with E-state index in [1.165, 1.54) is 14.2 Å². The lowest BCUT2D eigenvalue weighted by molar-refractivity contribution is -0.149. The molecule has 0 bridgehead atoms. The Balaban J connectivity index is 2.35. The molecule has 1 unspecified atom stereocenters. The third kappa shape index (κ3) is 8.42. The Kier molecular flexibility index (Phi) is 11.3. The van der Waals surface area contributed by atoms with Crippen LogP contribution in [0.3, 0.4) is 0 Å². The maximum atomic E-state index is 13.6. The maximum absolute atomic E-state index is 13.6. The zero-order valence-corrected chi connectivity index (χ0v) is 23.4. The summed E-state index contributed by atoms with van der Waals surface area (Å²) in [5, 5.41) is 2.73. The molecule has 2 aromatic rings. The quantitative estimate of drug-likeness (QED) is 0.201. The Morgan fingerprint density at radius 2 is 1.41 bits per heavy atom. The summed E-state index contributed by atoms with van der Waals surface area (Å²) >= 11 is 0. The minimum absolute atomic E-state index is 0.215. The van der Waals surface area contributed by atoms with Crippen LogP contribution >= 0.6 is 7.52 Å². The van der Waals surface area contributed by atoms with E-state index in [2.05, 4.69) is 5.09 Å². The first-order valence-electron chi connectivity index (χ1n) is 11.5. The minimum atomic E-state index is -3.69. The highest BCUT2D eigenvalue weighted by molar-refractivity contribution is 7.57. The topological polar surface area (TPSA) is 111 Å². The molecule has 2 rings (SSSR count). The van der Waals surface area contributed by atoms with Gasteiger partial charge in [-0.2, -0.15) is 0 Å². The van der Waals surface area contributed by atoms with E-state index in [0.717, 1.165) is 11.1 Å². The highest BCUT2D eigenvalue weighted by atomic mass is 31.2. The fraction of sp³-hybridized carbons (Fsp3) is 0.423. The number of ether oxygens (including phenoxy) is 6. The van der Waals surface area contributed by atoms with Gasteiger partial charge < -0.3 is 32.9 Å². The summed E-state index contributed by atoms with van der Waals surface area (Å²) in [6.45, 7) is 5.01. The third-order valence-electron chi connectivity index (χ3n) is 4.98. The van der Waals surface area contributed by atoms with Gasteiger partial charge in [-0.15, -0.1) is 0 Å². The van der Waals surface area contributed by atoms with E-state index in [4.69, 9.17) is 32.9 Å². The molecule has 2 aromatic carbocycles. The number of benzene rings is 2. The van der Waals surface area contributed by atoms with Gasteiger partial charge in [-0.05, 0) is 56.2 Å². The monoisotopic (exact) mass is 537 g/mol. The van der Waals surface area contributed by atoms with Crippen LogP contribution in [0.15, 0.2) is 30.3 Å². The second kappa shape index (κ2) is 13.9. The van der Waals surface area contributed by atoms with Crippen molar-refractivity contribution in [1.82, 2.24) is 5.09 Å². The summed E-state index contributed by atoms with van der Waals surface area (Å²) < 4.78 is 51.4. The van der Waals surface area contributed by atoms with Crippen LogP contribution in [-0.2, 0) is 18.8 Å². The van der Waals surface area contributed by atoms with E-state index in [1.807, 2.05) is 30.4 Å². The van der Waals surface area contributed by atoms with E-state index in [-0.39, 0.29) is 18.2 Å². The molecular formula is C26H36NO9P. The molecule has 0 heterocycles. The van der Waals surface area contributed by atoms with Gasteiger partial charge in [-0.1, -0.05) is 18.2 Å². The fourth-order valence-corrected chi connectivity index (χ4v) is 5.04. The summed E-state index contributed by atoms with van der Waals surface area (Å²) in [6.07, 6.45) is 3.10. The molecule has 0 radical (unpaired) electrons. The van der Waals surface area contributed by atoms with E-state index in [9.17, 15) is 9.36 Å². The number of hydrogen-bond acceptors (Lipinski definition) is 9. The lowest BCUT2D eigenvalue weighted by atomic mass is 10.1. The predicted molar refractivity (Wildman–Crippen MR) is 142 cm³/mol. The number of carbonyl (C=O) groups is 1. The van der Waals surface area contributed by atoms with Crippen molar-refractivity contribution < 1.29 is 42.3 Å². The predicted octanol–water partition coefficient (Wildman–Crippen LogP) is 5.00. The van der Waals surface area contributed by atoms with Crippen molar-refractivity contribution in [3.63, 3.8) is 0 Å². The molecule has 0 saturated heterocycles. The van der Waals surface area contributed by atoms with Gasteiger partial charge in [0.25, 0.3) is 0 Å². The number of methoxy groups -OCH3 is 5. The van der Waals surface area contributed by atoms with Gasteiger partial charge in [0.05, 0.1) is 34.5 Å². The summed E-state index contributed by atoms with van der Waals surface area (Å²) in [7, 11) is 3.82. The molecule has 204 valence electrons. The first-order chi connectivity index (χ1) is 17.6. The summed E-state index contributed by atoms with van der Waals surface area (Å²) in [6, 6.07) is 7.92. The van der Waals surface area contributed by atoms with Crippen molar-refractivity contribution >= 4 is 25.6 Å². The molecule has 0 amide bonds. The number of esters is 1. The molecule has 37 heavy (non-hydrogen) atoms. The highest BCUT2D eigenvalue weighted by Crippen LogP contribution is 2.47. The fourth-order valence-electron chi connectivity index (χ4n) is 3.36. The number of carbonyl (C=O) groups excluding carboxylic acids is 1. The van der Waals surface area contributed by atoms with Gasteiger partial charge in [-0.3, -0.25) is 9.36 Å². The van der Waals surface area contributed by atoms with Crippen LogP contribution in [0.4, 0.5) is 0 Å². The molecule has 0 saturated carbocycles. The third-order valence-corrected chi connectivity index (χ3v) is 6.85. The molecule has 0 aromatic heterocycles. The van der Waals surface area contributed by atoms with Crippen LogP contribution in [0, 0.1) is 0 Å². The summed E-state index contributed by atoms with van der Waals surface area (Å²) in [4.78, 5) is 12.3. The minimum Gasteiger partial charge on any atom is -0.493 e. The van der Waals surface area contributed by atoms with Crippen LogP contribution in [0.1, 0.15) is 31.9 Å². The van der Waals surface area contributed by atoms with Crippen molar-refractivity contribution in [2.24, 2.45) is 0 Å². The van der Waals surface area contributed by atoms with E-state index < -0.39 is 19.5 Å². The van der Waals surface area contributed by atoms with E-state index >= 15 is 0 Å². The Bertz CT molecular complexity index is 1110. The van der Waals surface area contributed by atoms with Crippen molar-refractivity contribution in [2.45, 2.75) is 32.9 Å².